The highest BCUT2D eigenvalue weighted by atomic mass is 16.2. The number of amides is 3. The van der Waals surface area contributed by atoms with Crippen LogP contribution in [-0.2, 0) is 11.3 Å². The third-order valence-electron chi connectivity index (χ3n) is 4.76. The quantitative estimate of drug-likeness (QED) is 0.666. The van der Waals surface area contributed by atoms with Gasteiger partial charge in [0.15, 0.2) is 5.82 Å². The molecule has 27 heavy (non-hydrogen) atoms. The molecule has 3 amide bonds. The van der Waals surface area contributed by atoms with E-state index in [1.807, 2.05) is 45.0 Å². The molecule has 1 aromatic carbocycles. The zero-order valence-corrected chi connectivity index (χ0v) is 15.6. The first-order chi connectivity index (χ1) is 12.9. The van der Waals surface area contributed by atoms with Crippen molar-refractivity contribution in [3.05, 3.63) is 35.7 Å². The topological polar surface area (TPSA) is 126 Å². The van der Waals surface area contributed by atoms with Crippen molar-refractivity contribution >= 4 is 29.5 Å². The lowest BCUT2D eigenvalue weighted by Gasteiger charge is -2.23. The molecule has 0 bridgehead atoms. The molecule has 1 aliphatic rings. The second-order valence-corrected chi connectivity index (χ2v) is 6.54. The molecule has 3 rings (SSSR count). The molecule has 0 unspecified atom stereocenters. The molecule has 9 heteroatoms. The Labute approximate surface area is 157 Å². The number of carbonyl (C=O) groups is 2. The summed E-state index contributed by atoms with van der Waals surface area (Å²) in [5.41, 5.74) is 6.84. The van der Waals surface area contributed by atoms with Gasteiger partial charge in [0.05, 0.1) is 6.54 Å². The smallest absolute Gasteiger partial charge is 0.325 e. The van der Waals surface area contributed by atoms with E-state index in [0.717, 1.165) is 16.2 Å². The maximum absolute atomic E-state index is 12.7. The molecule has 0 aliphatic carbocycles. The van der Waals surface area contributed by atoms with Gasteiger partial charge < -0.3 is 16.4 Å². The minimum Gasteiger partial charge on any atom is -0.368 e. The summed E-state index contributed by atoms with van der Waals surface area (Å²) in [4.78, 5) is 38.6. The first-order valence-corrected chi connectivity index (χ1v) is 8.85. The van der Waals surface area contributed by atoms with Crippen molar-refractivity contribution in [2.45, 2.75) is 45.7 Å². The van der Waals surface area contributed by atoms with E-state index in [1.54, 1.807) is 0 Å². The number of aromatic nitrogens is 3. The lowest BCUT2D eigenvalue weighted by molar-refractivity contribution is -0.132. The highest BCUT2D eigenvalue weighted by molar-refractivity contribution is 6.06. The molecule has 1 saturated heterocycles. The molecule has 9 nitrogen and oxygen atoms in total. The Hall–Kier alpha value is -3.23. The Bertz CT molecular complexity index is 863. The number of nitrogens with zero attached hydrogens (tertiary/aromatic N) is 4. The van der Waals surface area contributed by atoms with Crippen molar-refractivity contribution in [3.8, 4) is 0 Å². The Morgan fingerprint density at radius 3 is 2.37 bits per heavy atom. The summed E-state index contributed by atoms with van der Waals surface area (Å²) in [6.45, 7) is 5.67. The standard InChI is InChI=1S/C18H23N7O2/c1-4-18(5-2)14(26)25(17(27)24-18)10-13-21-15(19)23-16(22-13)20-12-8-6-11(3)7-9-12/h6-9H,4-5,10H2,1-3H3,(H,24,27)(H3,19,20,21,22,23). The van der Waals surface area contributed by atoms with Crippen LogP contribution in [0.5, 0.6) is 0 Å². The Balaban J connectivity index is 1.81. The molecule has 0 atom stereocenters. The average molecular weight is 369 g/mol. The maximum Gasteiger partial charge on any atom is 0.325 e. The van der Waals surface area contributed by atoms with Crippen LogP contribution in [0.25, 0.3) is 0 Å². The van der Waals surface area contributed by atoms with Gasteiger partial charge in [0.2, 0.25) is 11.9 Å². The van der Waals surface area contributed by atoms with Gasteiger partial charge in [0.1, 0.15) is 5.54 Å². The zero-order valence-electron chi connectivity index (χ0n) is 15.6. The van der Waals surface area contributed by atoms with E-state index in [4.69, 9.17) is 5.73 Å². The number of anilines is 3. The summed E-state index contributed by atoms with van der Waals surface area (Å²) in [7, 11) is 0. The van der Waals surface area contributed by atoms with Crippen LogP contribution in [0.3, 0.4) is 0 Å². The molecule has 4 N–H and O–H groups in total. The van der Waals surface area contributed by atoms with E-state index < -0.39 is 11.6 Å². The van der Waals surface area contributed by atoms with Gasteiger partial charge in [-0.3, -0.25) is 9.69 Å². The van der Waals surface area contributed by atoms with Gasteiger partial charge >= 0.3 is 6.03 Å². The predicted octanol–water partition coefficient (Wildman–Crippen LogP) is 2.12. The van der Waals surface area contributed by atoms with Crippen LogP contribution in [-0.4, -0.2) is 37.3 Å². The van der Waals surface area contributed by atoms with Crippen LogP contribution in [0.1, 0.15) is 38.1 Å². The normalized spacial score (nSPS) is 15.7. The SMILES string of the molecule is CCC1(CC)NC(=O)N(Cc2nc(N)nc(Nc3ccc(C)cc3)n2)C1=O. The number of nitrogen functional groups attached to an aromatic ring is 1. The lowest BCUT2D eigenvalue weighted by Crippen LogP contribution is -2.45. The van der Waals surface area contributed by atoms with Crippen LogP contribution in [0.4, 0.5) is 22.4 Å². The molecular formula is C18H23N7O2. The van der Waals surface area contributed by atoms with Crippen LogP contribution in [0.2, 0.25) is 0 Å². The number of nitrogens with two attached hydrogens (primary N) is 1. The third kappa shape index (κ3) is 3.67. The number of urea groups is 1. The number of aryl methyl sites for hydroxylation is 1. The first kappa shape index (κ1) is 18.6. The molecule has 2 aromatic rings. The number of rotatable bonds is 6. The number of imide groups is 1. The number of hydrogen-bond donors (Lipinski definition) is 3. The predicted molar refractivity (Wildman–Crippen MR) is 101 cm³/mol. The molecule has 1 aliphatic heterocycles. The fraction of sp³-hybridized carbons (Fsp3) is 0.389. The van der Waals surface area contributed by atoms with Crippen molar-refractivity contribution < 1.29 is 9.59 Å². The number of carbonyl (C=O) groups excluding carboxylic acids is 2. The summed E-state index contributed by atoms with van der Waals surface area (Å²) >= 11 is 0. The molecule has 0 spiro atoms. The molecular weight excluding hydrogens is 346 g/mol. The molecule has 2 heterocycles. The Morgan fingerprint density at radius 2 is 1.78 bits per heavy atom. The second kappa shape index (κ2) is 7.18. The van der Waals surface area contributed by atoms with E-state index >= 15 is 0 Å². The van der Waals surface area contributed by atoms with Crippen LogP contribution < -0.4 is 16.4 Å². The summed E-state index contributed by atoms with van der Waals surface area (Å²) in [5, 5.41) is 5.83. The van der Waals surface area contributed by atoms with Gasteiger partial charge in [-0.1, -0.05) is 31.5 Å². The highest BCUT2D eigenvalue weighted by Crippen LogP contribution is 2.26. The van der Waals surface area contributed by atoms with Crippen molar-refractivity contribution in [1.82, 2.24) is 25.2 Å². The van der Waals surface area contributed by atoms with Gasteiger partial charge in [-0.25, -0.2) is 4.79 Å². The summed E-state index contributed by atoms with van der Waals surface area (Å²) in [6.07, 6.45) is 1.04. The monoisotopic (exact) mass is 369 g/mol. The van der Waals surface area contributed by atoms with Crippen LogP contribution in [0, 0.1) is 6.92 Å². The zero-order chi connectivity index (χ0) is 19.6. The van der Waals surface area contributed by atoms with Gasteiger partial charge in [-0.2, -0.15) is 15.0 Å². The molecule has 142 valence electrons. The van der Waals surface area contributed by atoms with Gasteiger partial charge in [-0.05, 0) is 31.9 Å². The number of hydrogen-bond acceptors (Lipinski definition) is 7. The van der Waals surface area contributed by atoms with Gasteiger partial charge in [-0.15, -0.1) is 0 Å². The van der Waals surface area contributed by atoms with E-state index in [9.17, 15) is 9.59 Å². The average Bonchev–Trinajstić information content (AvgIpc) is 2.88. The summed E-state index contributed by atoms with van der Waals surface area (Å²) in [6, 6.07) is 7.24. The largest absolute Gasteiger partial charge is 0.368 e. The van der Waals surface area contributed by atoms with Crippen molar-refractivity contribution in [3.63, 3.8) is 0 Å². The fourth-order valence-electron chi connectivity index (χ4n) is 3.02. The Morgan fingerprint density at radius 1 is 1.11 bits per heavy atom. The molecule has 1 fully saturated rings. The van der Waals surface area contributed by atoms with E-state index in [2.05, 4.69) is 25.6 Å². The lowest BCUT2D eigenvalue weighted by atomic mass is 9.93. The van der Waals surface area contributed by atoms with E-state index in [1.165, 1.54) is 0 Å². The van der Waals surface area contributed by atoms with Crippen LogP contribution >= 0.6 is 0 Å². The summed E-state index contributed by atoms with van der Waals surface area (Å²) < 4.78 is 0. The van der Waals surface area contributed by atoms with E-state index in [-0.39, 0.29) is 30.2 Å². The summed E-state index contributed by atoms with van der Waals surface area (Å²) in [5.74, 6) is 0.234. The fourth-order valence-corrected chi connectivity index (χ4v) is 3.02. The van der Waals surface area contributed by atoms with Crippen molar-refractivity contribution in [2.24, 2.45) is 0 Å². The Kier molecular flexibility index (Phi) is 4.93. The minimum absolute atomic E-state index is 0.0129. The number of benzene rings is 1. The molecule has 0 radical (unpaired) electrons. The highest BCUT2D eigenvalue weighted by Gasteiger charge is 2.48. The van der Waals surface area contributed by atoms with Crippen molar-refractivity contribution in [2.75, 3.05) is 11.1 Å². The number of nitrogens with one attached hydrogen (secondary N) is 2. The van der Waals surface area contributed by atoms with Gasteiger partial charge in [0.25, 0.3) is 5.91 Å². The van der Waals surface area contributed by atoms with E-state index in [0.29, 0.717) is 12.8 Å². The molecule has 0 saturated carbocycles. The second-order valence-electron chi connectivity index (χ2n) is 6.54. The molecule has 1 aromatic heterocycles. The maximum atomic E-state index is 12.7. The minimum atomic E-state index is -0.862. The first-order valence-electron chi connectivity index (χ1n) is 8.85. The van der Waals surface area contributed by atoms with Crippen molar-refractivity contribution in [1.29, 1.82) is 0 Å². The van der Waals surface area contributed by atoms with Crippen LogP contribution in [0.15, 0.2) is 24.3 Å². The third-order valence-corrected chi connectivity index (χ3v) is 4.76. The van der Waals surface area contributed by atoms with Gasteiger partial charge in [0, 0.05) is 5.69 Å².